The quantitative estimate of drug-likeness (QED) is 0.611. The van der Waals surface area contributed by atoms with Crippen molar-refractivity contribution in [2.45, 2.75) is 74.9 Å². The van der Waals surface area contributed by atoms with Crippen LogP contribution < -0.4 is 5.48 Å². The number of hydroxylamine groups is 1. The molecule has 0 bridgehead atoms. The number of hydrogen-bond donors (Lipinski definition) is 1. The van der Waals surface area contributed by atoms with Gasteiger partial charge in [0.05, 0.1) is 5.71 Å². The average molecular weight is 451 g/mol. The molecule has 1 saturated carbocycles. The highest BCUT2D eigenvalue weighted by atomic mass is 32.2. The smallest absolute Gasteiger partial charge is 0.264 e. The first kappa shape index (κ1) is 22.2. The maximum absolute atomic E-state index is 12.8. The first-order valence-corrected chi connectivity index (χ1v) is 12.8. The molecule has 9 heteroatoms. The fraction of sp³-hybridized carbons (Fsp3) is 0.636. The number of ether oxygens (including phenoxy) is 1. The zero-order chi connectivity index (χ0) is 22.1. The lowest BCUT2D eigenvalue weighted by Gasteiger charge is -2.29. The maximum atomic E-state index is 12.8. The van der Waals surface area contributed by atoms with E-state index in [1.807, 2.05) is 12.1 Å². The van der Waals surface area contributed by atoms with Gasteiger partial charge in [0.2, 0.25) is 0 Å². The highest BCUT2D eigenvalue weighted by Crippen LogP contribution is 2.40. The SMILES string of the molecule is CC(CC1CC(c2ccc(C3CC3)cc2)=NO1)(C(=O)NOC1CCCCO1)S(C)(=O)=O. The summed E-state index contributed by atoms with van der Waals surface area (Å²) in [6.07, 6.45) is 5.40. The van der Waals surface area contributed by atoms with Gasteiger partial charge in [-0.2, -0.15) is 0 Å². The van der Waals surface area contributed by atoms with E-state index in [-0.39, 0.29) is 6.42 Å². The van der Waals surface area contributed by atoms with Gasteiger partial charge < -0.3 is 9.57 Å². The number of nitrogens with zero attached hydrogens (tertiary/aromatic N) is 1. The van der Waals surface area contributed by atoms with Crippen LogP contribution in [0.4, 0.5) is 0 Å². The van der Waals surface area contributed by atoms with Gasteiger partial charge in [-0.05, 0) is 49.7 Å². The molecule has 3 aliphatic rings. The second-order valence-corrected chi connectivity index (χ2v) is 11.4. The Bertz CT molecular complexity index is 935. The Labute approximate surface area is 183 Å². The minimum atomic E-state index is -3.76. The summed E-state index contributed by atoms with van der Waals surface area (Å²) in [7, 11) is -3.76. The standard InChI is InChI=1S/C22H30N2O6S/c1-22(31(2,26)27,21(25)24-30-20-5-3-4-12-28-20)14-18-13-19(23-29-18)17-10-8-16(9-11-17)15-6-7-15/h8-11,15,18,20H,3-7,12-14H2,1-2H3,(H,24,25). The van der Waals surface area contributed by atoms with Crippen molar-refractivity contribution in [2.24, 2.45) is 5.16 Å². The predicted octanol–water partition coefficient (Wildman–Crippen LogP) is 2.82. The van der Waals surface area contributed by atoms with E-state index in [2.05, 4.69) is 22.8 Å². The zero-order valence-corrected chi connectivity index (χ0v) is 18.8. The number of benzene rings is 1. The van der Waals surface area contributed by atoms with Crippen LogP contribution in [-0.2, 0) is 29.0 Å². The molecule has 8 nitrogen and oxygen atoms in total. The van der Waals surface area contributed by atoms with Gasteiger partial charge >= 0.3 is 0 Å². The van der Waals surface area contributed by atoms with Crippen LogP contribution in [0.1, 0.15) is 68.9 Å². The second-order valence-electron chi connectivity index (χ2n) is 8.92. The van der Waals surface area contributed by atoms with Gasteiger partial charge in [-0.1, -0.05) is 29.4 Å². The highest BCUT2D eigenvalue weighted by Gasteiger charge is 2.47. The minimum absolute atomic E-state index is 0.0281. The van der Waals surface area contributed by atoms with E-state index in [1.165, 1.54) is 25.3 Å². The molecule has 2 fully saturated rings. The number of carbonyl (C=O) groups excluding carboxylic acids is 1. The molecule has 170 valence electrons. The van der Waals surface area contributed by atoms with Crippen molar-refractivity contribution in [1.82, 2.24) is 5.48 Å². The van der Waals surface area contributed by atoms with Crippen molar-refractivity contribution in [3.63, 3.8) is 0 Å². The number of rotatable bonds is 8. The molecule has 1 N–H and O–H groups in total. The molecule has 1 aromatic carbocycles. The summed E-state index contributed by atoms with van der Waals surface area (Å²) in [6.45, 7) is 1.95. The van der Waals surface area contributed by atoms with Crippen LogP contribution in [0.15, 0.2) is 29.4 Å². The van der Waals surface area contributed by atoms with Crippen molar-refractivity contribution in [3.8, 4) is 0 Å². The average Bonchev–Trinajstić information content (AvgIpc) is 3.51. The molecule has 1 aromatic rings. The molecule has 3 unspecified atom stereocenters. The van der Waals surface area contributed by atoms with Crippen LogP contribution in [0.5, 0.6) is 0 Å². The first-order valence-electron chi connectivity index (χ1n) is 10.9. The number of amides is 1. The summed E-state index contributed by atoms with van der Waals surface area (Å²) in [5.41, 5.74) is 5.35. The van der Waals surface area contributed by atoms with E-state index in [0.717, 1.165) is 30.4 Å². The third-order valence-electron chi connectivity index (χ3n) is 6.36. The van der Waals surface area contributed by atoms with Gasteiger partial charge in [0.25, 0.3) is 5.91 Å². The van der Waals surface area contributed by atoms with Crippen molar-refractivity contribution in [3.05, 3.63) is 35.4 Å². The largest absolute Gasteiger partial charge is 0.392 e. The lowest BCUT2D eigenvalue weighted by molar-refractivity contribution is -0.201. The molecule has 4 rings (SSSR count). The number of nitrogens with one attached hydrogen (secondary N) is 1. The Kier molecular flexibility index (Phi) is 6.37. The van der Waals surface area contributed by atoms with E-state index >= 15 is 0 Å². The number of oxime groups is 1. The van der Waals surface area contributed by atoms with Crippen molar-refractivity contribution in [1.29, 1.82) is 0 Å². The third-order valence-corrected chi connectivity index (χ3v) is 8.35. The van der Waals surface area contributed by atoms with Gasteiger partial charge in [-0.25, -0.2) is 18.7 Å². The lowest BCUT2D eigenvalue weighted by atomic mass is 9.96. The molecule has 0 spiro atoms. The fourth-order valence-corrected chi connectivity index (χ4v) is 4.82. The van der Waals surface area contributed by atoms with Crippen LogP contribution >= 0.6 is 0 Å². The summed E-state index contributed by atoms with van der Waals surface area (Å²) in [4.78, 5) is 23.7. The Hall–Kier alpha value is -1.97. The Balaban J connectivity index is 1.38. The minimum Gasteiger partial charge on any atom is -0.392 e. The second kappa shape index (κ2) is 8.88. The molecule has 3 atom stereocenters. The number of sulfone groups is 1. The topological polar surface area (TPSA) is 103 Å². The van der Waals surface area contributed by atoms with Crippen molar-refractivity contribution in [2.75, 3.05) is 12.9 Å². The van der Waals surface area contributed by atoms with Gasteiger partial charge in [0.1, 0.15) is 6.10 Å². The van der Waals surface area contributed by atoms with Gasteiger partial charge in [0.15, 0.2) is 20.9 Å². The molecule has 1 aliphatic carbocycles. The fourth-order valence-electron chi connectivity index (χ4n) is 3.95. The summed E-state index contributed by atoms with van der Waals surface area (Å²) in [6, 6.07) is 8.28. The van der Waals surface area contributed by atoms with Gasteiger partial charge in [-0.3, -0.25) is 4.79 Å². The van der Waals surface area contributed by atoms with E-state index < -0.39 is 32.9 Å². The Morgan fingerprint density at radius 2 is 1.97 bits per heavy atom. The summed E-state index contributed by atoms with van der Waals surface area (Å²) in [5.74, 6) is -0.0474. The third kappa shape index (κ3) is 5.10. The van der Waals surface area contributed by atoms with E-state index in [0.29, 0.717) is 25.4 Å². The van der Waals surface area contributed by atoms with Crippen molar-refractivity contribution < 1.29 is 27.6 Å². The maximum Gasteiger partial charge on any atom is 0.264 e. The molecule has 0 radical (unpaired) electrons. The predicted molar refractivity (Wildman–Crippen MR) is 115 cm³/mol. The zero-order valence-electron chi connectivity index (χ0n) is 18.0. The van der Waals surface area contributed by atoms with E-state index in [4.69, 9.17) is 14.4 Å². The molecule has 2 heterocycles. The molecule has 1 amide bonds. The van der Waals surface area contributed by atoms with Gasteiger partial charge in [0, 0.05) is 32.1 Å². The molecule has 1 saturated heterocycles. The highest BCUT2D eigenvalue weighted by molar-refractivity contribution is 7.92. The Morgan fingerprint density at radius 1 is 1.23 bits per heavy atom. The van der Waals surface area contributed by atoms with E-state index in [9.17, 15) is 13.2 Å². The van der Waals surface area contributed by atoms with Crippen LogP contribution in [0.3, 0.4) is 0 Å². The Morgan fingerprint density at radius 3 is 2.58 bits per heavy atom. The van der Waals surface area contributed by atoms with Crippen LogP contribution in [0.25, 0.3) is 0 Å². The number of hydrogen-bond acceptors (Lipinski definition) is 7. The molecular formula is C22H30N2O6S. The van der Waals surface area contributed by atoms with Crippen LogP contribution in [0, 0.1) is 0 Å². The van der Waals surface area contributed by atoms with Crippen molar-refractivity contribution >= 4 is 21.5 Å². The summed E-state index contributed by atoms with van der Waals surface area (Å²) in [5, 5.41) is 4.16. The summed E-state index contributed by atoms with van der Waals surface area (Å²) < 4.78 is 28.8. The monoisotopic (exact) mass is 450 g/mol. The normalized spacial score (nSPS) is 25.9. The van der Waals surface area contributed by atoms with Crippen LogP contribution in [-0.4, -0.2) is 50.0 Å². The molecule has 0 aromatic heterocycles. The lowest BCUT2D eigenvalue weighted by Crippen LogP contribution is -2.52. The molecule has 2 aliphatic heterocycles. The van der Waals surface area contributed by atoms with E-state index in [1.54, 1.807) is 0 Å². The molecular weight excluding hydrogens is 420 g/mol. The number of carbonyl (C=O) groups is 1. The van der Waals surface area contributed by atoms with Crippen LogP contribution in [0.2, 0.25) is 0 Å². The van der Waals surface area contributed by atoms with Gasteiger partial charge in [-0.15, -0.1) is 0 Å². The summed E-state index contributed by atoms with van der Waals surface area (Å²) >= 11 is 0. The first-order chi connectivity index (χ1) is 14.8. The molecule has 31 heavy (non-hydrogen) atoms.